The van der Waals surface area contributed by atoms with Gasteiger partial charge in [-0.3, -0.25) is 0 Å². The number of rotatable bonds is 3. The van der Waals surface area contributed by atoms with Crippen molar-refractivity contribution in [3.63, 3.8) is 0 Å². The molecule has 0 spiro atoms. The van der Waals surface area contributed by atoms with E-state index in [9.17, 15) is 0 Å². The fourth-order valence-corrected chi connectivity index (χ4v) is 2.52. The number of nitrogens with one attached hydrogen (secondary N) is 1. The zero-order chi connectivity index (χ0) is 9.10. The van der Waals surface area contributed by atoms with Gasteiger partial charge in [-0.25, -0.2) is 0 Å². The first-order valence-electron chi connectivity index (χ1n) is 5.20. The summed E-state index contributed by atoms with van der Waals surface area (Å²) in [5, 5.41) is 11.9. The van der Waals surface area contributed by atoms with Crippen molar-refractivity contribution in [1.29, 1.82) is 5.26 Å². The Balaban J connectivity index is 1.70. The van der Waals surface area contributed by atoms with Gasteiger partial charge >= 0.3 is 0 Å². The summed E-state index contributed by atoms with van der Waals surface area (Å²) in [6, 6.07) is 2.20. The lowest BCUT2D eigenvalue weighted by atomic mass is 10.0. The van der Waals surface area contributed by atoms with Crippen molar-refractivity contribution in [2.45, 2.75) is 12.8 Å². The third-order valence-corrected chi connectivity index (χ3v) is 3.23. The van der Waals surface area contributed by atoms with Crippen LogP contribution in [0.5, 0.6) is 0 Å². The molecule has 2 fully saturated rings. The highest BCUT2D eigenvalue weighted by atomic mass is 15.2. The highest BCUT2D eigenvalue weighted by Crippen LogP contribution is 2.26. The Morgan fingerprint density at radius 1 is 1.31 bits per heavy atom. The predicted octanol–water partition coefficient (Wildman–Crippen LogP) is 0.441. The van der Waals surface area contributed by atoms with E-state index in [1.807, 2.05) is 0 Å². The average molecular weight is 179 g/mol. The number of hydrogen-bond acceptors (Lipinski definition) is 3. The molecule has 0 aromatic heterocycles. The van der Waals surface area contributed by atoms with Crippen LogP contribution in [0.25, 0.3) is 0 Å². The number of nitriles is 1. The molecule has 0 aromatic rings. The number of fused-ring (bicyclic) bond motifs is 1. The Morgan fingerprint density at radius 3 is 2.62 bits per heavy atom. The number of hydrogen-bond donors (Lipinski definition) is 1. The average Bonchev–Trinajstić information content (AvgIpc) is 2.64. The summed E-state index contributed by atoms with van der Waals surface area (Å²) >= 11 is 0. The molecule has 2 unspecified atom stereocenters. The first kappa shape index (κ1) is 8.98. The van der Waals surface area contributed by atoms with E-state index in [1.165, 1.54) is 26.2 Å². The molecular formula is C10H17N3. The Labute approximate surface area is 79.7 Å². The first-order chi connectivity index (χ1) is 6.40. The van der Waals surface area contributed by atoms with Crippen LogP contribution in [-0.2, 0) is 0 Å². The lowest BCUT2D eigenvalue weighted by molar-refractivity contribution is 0.310. The Hall–Kier alpha value is -0.590. The van der Waals surface area contributed by atoms with Crippen molar-refractivity contribution in [3.8, 4) is 6.07 Å². The van der Waals surface area contributed by atoms with Gasteiger partial charge in [0, 0.05) is 19.5 Å². The molecule has 2 aliphatic rings. The van der Waals surface area contributed by atoms with E-state index in [2.05, 4.69) is 16.3 Å². The molecule has 2 atom stereocenters. The van der Waals surface area contributed by atoms with Gasteiger partial charge < -0.3 is 10.2 Å². The maximum absolute atomic E-state index is 8.42. The van der Waals surface area contributed by atoms with Crippen LogP contribution in [0.3, 0.4) is 0 Å². The maximum atomic E-state index is 8.42. The third-order valence-electron chi connectivity index (χ3n) is 3.23. The topological polar surface area (TPSA) is 39.1 Å². The molecule has 2 heterocycles. The van der Waals surface area contributed by atoms with Crippen molar-refractivity contribution >= 4 is 0 Å². The zero-order valence-corrected chi connectivity index (χ0v) is 8.00. The van der Waals surface area contributed by atoms with Gasteiger partial charge in [0.15, 0.2) is 0 Å². The van der Waals surface area contributed by atoms with E-state index >= 15 is 0 Å². The van der Waals surface area contributed by atoms with Crippen molar-refractivity contribution in [2.75, 3.05) is 32.7 Å². The largest absolute Gasteiger partial charge is 0.316 e. The van der Waals surface area contributed by atoms with Crippen molar-refractivity contribution < 1.29 is 0 Å². The first-order valence-corrected chi connectivity index (χ1v) is 5.20. The fourth-order valence-electron chi connectivity index (χ4n) is 2.52. The minimum Gasteiger partial charge on any atom is -0.316 e. The number of nitrogens with zero attached hydrogens (tertiary/aromatic N) is 2. The van der Waals surface area contributed by atoms with E-state index in [-0.39, 0.29) is 0 Å². The van der Waals surface area contributed by atoms with E-state index in [0.29, 0.717) is 6.42 Å². The van der Waals surface area contributed by atoms with Crippen LogP contribution in [0.4, 0.5) is 0 Å². The second kappa shape index (κ2) is 4.08. The molecule has 2 aliphatic heterocycles. The van der Waals surface area contributed by atoms with Gasteiger partial charge in [0.05, 0.1) is 6.07 Å². The fraction of sp³-hybridized carbons (Fsp3) is 0.900. The van der Waals surface area contributed by atoms with Gasteiger partial charge in [-0.05, 0) is 37.9 Å². The van der Waals surface area contributed by atoms with Gasteiger partial charge in [0.25, 0.3) is 0 Å². The molecule has 0 saturated carbocycles. The molecule has 3 nitrogen and oxygen atoms in total. The molecule has 72 valence electrons. The van der Waals surface area contributed by atoms with Crippen molar-refractivity contribution in [3.05, 3.63) is 0 Å². The third kappa shape index (κ3) is 2.01. The van der Waals surface area contributed by atoms with Crippen LogP contribution in [-0.4, -0.2) is 37.6 Å². The van der Waals surface area contributed by atoms with Crippen molar-refractivity contribution in [2.24, 2.45) is 11.8 Å². The number of unbranched alkanes of at least 4 members (excludes halogenated alkanes) is 1. The van der Waals surface area contributed by atoms with Crippen LogP contribution < -0.4 is 5.32 Å². The molecule has 3 heteroatoms. The molecule has 0 aliphatic carbocycles. The van der Waals surface area contributed by atoms with E-state index < -0.39 is 0 Å². The second-order valence-electron chi connectivity index (χ2n) is 4.20. The van der Waals surface area contributed by atoms with Gasteiger partial charge in [-0.2, -0.15) is 5.26 Å². The van der Waals surface area contributed by atoms with Crippen LogP contribution in [0.15, 0.2) is 0 Å². The summed E-state index contributed by atoms with van der Waals surface area (Å²) in [7, 11) is 0. The summed E-state index contributed by atoms with van der Waals surface area (Å²) in [5.41, 5.74) is 0. The van der Waals surface area contributed by atoms with Crippen LogP contribution in [0.2, 0.25) is 0 Å². The minimum atomic E-state index is 0.712. The molecule has 0 amide bonds. The van der Waals surface area contributed by atoms with Gasteiger partial charge in [-0.1, -0.05) is 0 Å². The molecule has 0 bridgehead atoms. The SMILES string of the molecule is N#CCCCN1CC2CNCC2C1. The molecule has 0 aromatic carbocycles. The summed E-state index contributed by atoms with van der Waals surface area (Å²) in [6.45, 7) is 6.05. The molecule has 2 rings (SSSR count). The quantitative estimate of drug-likeness (QED) is 0.639. The molecule has 2 saturated heterocycles. The van der Waals surface area contributed by atoms with Gasteiger partial charge in [0.2, 0.25) is 0 Å². The predicted molar refractivity (Wildman–Crippen MR) is 51.1 cm³/mol. The summed E-state index contributed by atoms with van der Waals surface area (Å²) in [4.78, 5) is 2.52. The standard InChI is InChI=1S/C10H17N3/c11-3-1-2-4-13-7-9-5-12-6-10(9)8-13/h9-10,12H,1-2,4-8H2. The Morgan fingerprint density at radius 2 is 2.00 bits per heavy atom. The van der Waals surface area contributed by atoms with Crippen LogP contribution >= 0.6 is 0 Å². The molecule has 1 N–H and O–H groups in total. The lowest BCUT2D eigenvalue weighted by Crippen LogP contribution is -2.26. The molecule has 13 heavy (non-hydrogen) atoms. The normalized spacial score (nSPS) is 33.2. The zero-order valence-electron chi connectivity index (χ0n) is 8.00. The van der Waals surface area contributed by atoms with Gasteiger partial charge in [-0.15, -0.1) is 0 Å². The van der Waals surface area contributed by atoms with E-state index in [1.54, 1.807) is 0 Å². The maximum Gasteiger partial charge on any atom is 0.0622 e. The lowest BCUT2D eigenvalue weighted by Gasteiger charge is -2.15. The molecular weight excluding hydrogens is 162 g/mol. The summed E-state index contributed by atoms with van der Waals surface area (Å²) < 4.78 is 0. The Bertz CT molecular complexity index is 197. The second-order valence-corrected chi connectivity index (χ2v) is 4.20. The van der Waals surface area contributed by atoms with Crippen LogP contribution in [0, 0.1) is 23.2 Å². The minimum absolute atomic E-state index is 0.712. The highest BCUT2D eigenvalue weighted by molar-refractivity contribution is 4.91. The van der Waals surface area contributed by atoms with Gasteiger partial charge in [0.1, 0.15) is 0 Å². The molecule has 0 radical (unpaired) electrons. The Kier molecular flexibility index (Phi) is 2.82. The summed E-state index contributed by atoms with van der Waals surface area (Å²) in [6.07, 6.45) is 1.76. The summed E-state index contributed by atoms with van der Waals surface area (Å²) in [5.74, 6) is 1.78. The van der Waals surface area contributed by atoms with Crippen molar-refractivity contribution in [1.82, 2.24) is 10.2 Å². The smallest absolute Gasteiger partial charge is 0.0622 e. The van der Waals surface area contributed by atoms with E-state index in [0.717, 1.165) is 24.8 Å². The van der Waals surface area contributed by atoms with E-state index in [4.69, 9.17) is 5.26 Å². The highest BCUT2D eigenvalue weighted by Gasteiger charge is 2.35. The number of likely N-dealkylation sites (tertiary alicyclic amines) is 1. The van der Waals surface area contributed by atoms with Crippen LogP contribution in [0.1, 0.15) is 12.8 Å². The monoisotopic (exact) mass is 179 g/mol.